The number of rotatable bonds is 8. The second kappa shape index (κ2) is 10.2. The lowest BCUT2D eigenvalue weighted by atomic mass is 9.96. The molecule has 0 saturated heterocycles. The molecule has 0 unspecified atom stereocenters. The Morgan fingerprint density at radius 2 is 1.76 bits per heavy atom. The average molecular weight is 406 g/mol. The topological polar surface area (TPSA) is 49.3 Å². The van der Waals surface area contributed by atoms with Gasteiger partial charge in [0.05, 0.1) is 12.6 Å². The molecule has 0 bridgehead atoms. The van der Waals surface area contributed by atoms with Gasteiger partial charge in [-0.15, -0.1) is 0 Å². The normalized spacial score (nSPS) is 12.2. The van der Waals surface area contributed by atoms with E-state index in [1.807, 2.05) is 42.5 Å². The zero-order valence-corrected chi connectivity index (χ0v) is 17.1. The van der Waals surface area contributed by atoms with E-state index in [0.717, 1.165) is 16.7 Å². The zero-order valence-electron chi connectivity index (χ0n) is 16.3. The Bertz CT molecular complexity index is 999. The van der Waals surface area contributed by atoms with Crippen LogP contribution < -0.4 is 5.32 Å². The molecule has 0 saturated carbocycles. The van der Waals surface area contributed by atoms with Crippen molar-refractivity contribution < 1.29 is 9.90 Å². The van der Waals surface area contributed by atoms with E-state index in [2.05, 4.69) is 48.6 Å². The largest absolute Gasteiger partial charge is 0.394 e. The van der Waals surface area contributed by atoms with E-state index in [0.29, 0.717) is 17.9 Å². The quantitative estimate of drug-likeness (QED) is 0.403. The smallest absolute Gasteiger partial charge is 0.139 e. The molecule has 0 aliphatic heterocycles. The van der Waals surface area contributed by atoms with Crippen molar-refractivity contribution in [2.45, 2.75) is 19.5 Å². The van der Waals surface area contributed by atoms with E-state index < -0.39 is 6.04 Å². The molecule has 0 aliphatic carbocycles. The van der Waals surface area contributed by atoms with E-state index >= 15 is 0 Å². The average Bonchev–Trinajstić information content (AvgIpc) is 2.75. The molecule has 0 heterocycles. The molecule has 2 N–H and O–H groups in total. The first-order valence-electron chi connectivity index (χ1n) is 9.53. The highest BCUT2D eigenvalue weighted by Crippen LogP contribution is 2.27. The third kappa shape index (κ3) is 5.42. The number of hydrogen-bond acceptors (Lipinski definition) is 3. The van der Waals surface area contributed by atoms with Crippen LogP contribution in [0.4, 0.5) is 0 Å². The van der Waals surface area contributed by atoms with Crippen LogP contribution in [0.2, 0.25) is 5.02 Å². The van der Waals surface area contributed by atoms with E-state index in [9.17, 15) is 4.79 Å². The first-order chi connectivity index (χ1) is 14.1. The monoisotopic (exact) mass is 405 g/mol. The van der Waals surface area contributed by atoms with Gasteiger partial charge in [0, 0.05) is 11.6 Å². The maximum Gasteiger partial charge on any atom is 0.139 e. The van der Waals surface area contributed by atoms with Crippen LogP contribution in [-0.4, -0.2) is 24.0 Å². The third-order valence-corrected chi connectivity index (χ3v) is 5.22. The Labute approximate surface area is 176 Å². The number of carbonyl (C=O) groups is 1. The first kappa shape index (κ1) is 21.0. The number of aldehydes is 1. The molecule has 0 aliphatic rings. The van der Waals surface area contributed by atoms with Crippen molar-refractivity contribution in [1.29, 1.82) is 0 Å². The van der Waals surface area contributed by atoms with Gasteiger partial charge in [0.25, 0.3) is 0 Å². The fourth-order valence-corrected chi connectivity index (χ4v) is 3.43. The molecular weight excluding hydrogens is 382 g/mol. The number of aliphatic hydroxyl groups excluding tert-OH is 1. The van der Waals surface area contributed by atoms with Crippen molar-refractivity contribution in [2.24, 2.45) is 0 Å². The highest BCUT2D eigenvalue weighted by Gasteiger charge is 2.07. The zero-order chi connectivity index (χ0) is 20.6. The molecule has 29 heavy (non-hydrogen) atoms. The Balaban J connectivity index is 1.77. The standard InChI is InChI=1S/C25H24ClNO2/c1-18-20(8-5-9-24(18)21-6-3-2-4-7-21)12-13-22-11-10-19(14-25(22)26)15-27-23(16-28)17-29/h2-14,16,23,27,29H,15,17H2,1H3/b13-12+/t23-/m1/s1. The number of carbonyl (C=O) groups excluding carboxylic acids is 1. The molecule has 0 radical (unpaired) electrons. The van der Waals surface area contributed by atoms with Gasteiger partial charge in [-0.1, -0.05) is 84.4 Å². The summed E-state index contributed by atoms with van der Waals surface area (Å²) in [6.07, 6.45) is 4.79. The molecule has 148 valence electrons. The van der Waals surface area contributed by atoms with Crippen molar-refractivity contribution >= 4 is 30.0 Å². The summed E-state index contributed by atoms with van der Waals surface area (Å²) in [6.45, 7) is 2.37. The van der Waals surface area contributed by atoms with Crippen LogP contribution in [0.1, 0.15) is 22.3 Å². The third-order valence-electron chi connectivity index (χ3n) is 4.90. The lowest BCUT2D eigenvalue weighted by molar-refractivity contribution is -0.110. The Morgan fingerprint density at radius 3 is 2.45 bits per heavy atom. The van der Waals surface area contributed by atoms with Gasteiger partial charge in [-0.2, -0.15) is 0 Å². The van der Waals surface area contributed by atoms with Crippen LogP contribution in [0, 0.1) is 6.92 Å². The molecule has 3 nitrogen and oxygen atoms in total. The minimum absolute atomic E-state index is 0.223. The Kier molecular flexibility index (Phi) is 7.36. The van der Waals surface area contributed by atoms with Crippen LogP contribution >= 0.6 is 11.6 Å². The van der Waals surface area contributed by atoms with Crippen LogP contribution in [0.15, 0.2) is 66.7 Å². The second-order valence-electron chi connectivity index (χ2n) is 6.88. The summed E-state index contributed by atoms with van der Waals surface area (Å²) >= 11 is 6.45. The van der Waals surface area contributed by atoms with Crippen molar-refractivity contribution in [2.75, 3.05) is 6.61 Å². The molecule has 3 aromatic carbocycles. The molecular formula is C25H24ClNO2. The number of aliphatic hydroxyl groups is 1. The molecule has 1 atom stereocenters. The second-order valence-corrected chi connectivity index (χ2v) is 7.29. The lowest BCUT2D eigenvalue weighted by Crippen LogP contribution is -2.33. The highest BCUT2D eigenvalue weighted by atomic mass is 35.5. The van der Waals surface area contributed by atoms with Crippen molar-refractivity contribution in [1.82, 2.24) is 5.32 Å². The minimum atomic E-state index is -0.562. The van der Waals surface area contributed by atoms with Crippen molar-refractivity contribution in [3.8, 4) is 11.1 Å². The minimum Gasteiger partial charge on any atom is -0.394 e. The molecule has 0 amide bonds. The van der Waals surface area contributed by atoms with Crippen LogP contribution in [-0.2, 0) is 11.3 Å². The molecule has 0 fully saturated rings. The Hall–Kier alpha value is -2.72. The molecule has 4 heteroatoms. The lowest BCUT2D eigenvalue weighted by Gasteiger charge is -2.11. The molecule has 3 rings (SSSR count). The van der Waals surface area contributed by atoms with Gasteiger partial charge in [0.1, 0.15) is 6.29 Å². The van der Waals surface area contributed by atoms with Crippen molar-refractivity contribution in [3.05, 3.63) is 94.0 Å². The summed E-state index contributed by atoms with van der Waals surface area (Å²) in [7, 11) is 0. The van der Waals surface area contributed by atoms with E-state index in [4.69, 9.17) is 16.7 Å². The Morgan fingerprint density at radius 1 is 1.00 bits per heavy atom. The fourth-order valence-electron chi connectivity index (χ4n) is 3.16. The summed E-state index contributed by atoms with van der Waals surface area (Å²) in [5.41, 5.74) is 6.66. The van der Waals surface area contributed by atoms with Gasteiger partial charge >= 0.3 is 0 Å². The predicted octanol–water partition coefficient (Wildman–Crippen LogP) is 5.14. The highest BCUT2D eigenvalue weighted by molar-refractivity contribution is 6.32. The van der Waals surface area contributed by atoms with Gasteiger partial charge < -0.3 is 15.2 Å². The van der Waals surface area contributed by atoms with Crippen LogP contribution in [0.3, 0.4) is 0 Å². The van der Waals surface area contributed by atoms with E-state index in [1.54, 1.807) is 0 Å². The van der Waals surface area contributed by atoms with E-state index in [1.165, 1.54) is 16.7 Å². The van der Waals surface area contributed by atoms with E-state index in [-0.39, 0.29) is 6.61 Å². The van der Waals surface area contributed by atoms with Crippen LogP contribution in [0.5, 0.6) is 0 Å². The number of hydrogen-bond donors (Lipinski definition) is 2. The number of nitrogens with one attached hydrogen (secondary N) is 1. The van der Waals surface area contributed by atoms with Crippen LogP contribution in [0.25, 0.3) is 23.3 Å². The predicted molar refractivity (Wildman–Crippen MR) is 121 cm³/mol. The molecule has 0 spiro atoms. The molecule has 0 aromatic heterocycles. The summed E-state index contributed by atoms with van der Waals surface area (Å²) in [5.74, 6) is 0. The summed E-state index contributed by atoms with van der Waals surface area (Å²) in [4.78, 5) is 10.8. The summed E-state index contributed by atoms with van der Waals surface area (Å²) in [6, 6.07) is 21.9. The van der Waals surface area contributed by atoms with Crippen molar-refractivity contribution in [3.63, 3.8) is 0 Å². The van der Waals surface area contributed by atoms with Gasteiger partial charge in [-0.25, -0.2) is 0 Å². The van der Waals surface area contributed by atoms with Gasteiger partial charge in [-0.05, 0) is 46.4 Å². The number of benzene rings is 3. The summed E-state index contributed by atoms with van der Waals surface area (Å²) < 4.78 is 0. The maximum atomic E-state index is 10.8. The molecule has 3 aromatic rings. The fraction of sp³-hybridized carbons (Fsp3) is 0.160. The summed E-state index contributed by atoms with van der Waals surface area (Å²) in [5, 5.41) is 12.7. The first-order valence-corrected chi connectivity index (χ1v) is 9.91. The van der Waals surface area contributed by atoms with Gasteiger partial charge in [-0.3, -0.25) is 0 Å². The number of halogens is 1. The van der Waals surface area contributed by atoms with Gasteiger partial charge in [0.15, 0.2) is 0 Å². The maximum absolute atomic E-state index is 10.8. The van der Waals surface area contributed by atoms with Gasteiger partial charge in [0.2, 0.25) is 0 Å². The SMILES string of the molecule is Cc1c(/C=C/c2ccc(CN[C@H](C=O)CO)cc2Cl)cccc1-c1ccccc1.